The number of amides is 1. The number of methoxy groups -OCH3 is 1. The van der Waals surface area contributed by atoms with Crippen molar-refractivity contribution in [1.82, 2.24) is 9.88 Å². The average molecular weight is 479 g/mol. The number of ether oxygens (including phenoxy) is 2. The zero-order valence-corrected chi connectivity index (χ0v) is 19.5. The van der Waals surface area contributed by atoms with Crippen LogP contribution in [0.4, 0.5) is 0 Å². The van der Waals surface area contributed by atoms with Crippen LogP contribution < -0.4 is 9.64 Å². The van der Waals surface area contributed by atoms with Crippen molar-refractivity contribution >= 4 is 22.7 Å². The first-order valence-electron chi connectivity index (χ1n) is 11.7. The monoisotopic (exact) mass is 478 g/mol. The number of ketones is 1. The highest BCUT2D eigenvalue weighted by Gasteiger charge is 2.44. The molecule has 1 saturated heterocycles. The summed E-state index contributed by atoms with van der Waals surface area (Å²) in [6.45, 7) is 4.63. The highest BCUT2D eigenvalue weighted by Crippen LogP contribution is 2.40. The van der Waals surface area contributed by atoms with Crippen molar-refractivity contribution in [3.05, 3.63) is 71.4 Å². The molecule has 2 aliphatic heterocycles. The number of quaternary nitrogens is 1. The average Bonchev–Trinajstić information content (AvgIpc) is 3.44. The Morgan fingerprint density at radius 2 is 2.00 bits per heavy atom. The Morgan fingerprint density at radius 3 is 2.74 bits per heavy atom. The minimum Gasteiger partial charge on any atom is -0.503 e. The minimum absolute atomic E-state index is 0.0120. The van der Waals surface area contributed by atoms with Gasteiger partial charge in [0.1, 0.15) is 13.1 Å². The quantitative estimate of drug-likeness (QED) is 0.475. The van der Waals surface area contributed by atoms with Crippen LogP contribution in [0.2, 0.25) is 0 Å². The fourth-order valence-electron chi connectivity index (χ4n) is 4.86. The molecule has 1 atom stereocenters. The van der Waals surface area contributed by atoms with Crippen molar-refractivity contribution < 1.29 is 33.5 Å². The third-order valence-corrected chi connectivity index (χ3v) is 6.65. The molecule has 2 aromatic heterocycles. The highest BCUT2D eigenvalue weighted by atomic mass is 16.5. The predicted octanol–water partition coefficient (Wildman–Crippen LogP) is 1.72. The van der Waals surface area contributed by atoms with Gasteiger partial charge >= 0.3 is 0 Å². The molecule has 9 nitrogen and oxygen atoms in total. The number of pyridine rings is 1. The first-order chi connectivity index (χ1) is 17.1. The Balaban J connectivity index is 1.45. The first-order valence-corrected chi connectivity index (χ1v) is 11.7. The number of para-hydroxylation sites is 1. The second-order valence-corrected chi connectivity index (χ2v) is 8.73. The summed E-state index contributed by atoms with van der Waals surface area (Å²) in [6.07, 6.45) is 3.96. The Morgan fingerprint density at radius 1 is 1.23 bits per heavy atom. The van der Waals surface area contributed by atoms with Crippen molar-refractivity contribution in [2.75, 3.05) is 46.5 Å². The molecule has 1 aromatic carbocycles. The number of aromatic nitrogens is 1. The number of nitrogens with zero attached hydrogens (tertiary/aromatic N) is 2. The standard InChI is InChI=1S/C26H27N3O6/c1-33-19-5-2-4-18-16-20(35-25(18)19)23(30)21-22(17-6-8-27-9-7-17)29(26(32)24(21)31)11-3-10-28-12-14-34-15-13-28/h2,4-9,16,22,31H,3,10-15H2,1H3/p+1/t22-/m0/s1. The molecule has 0 radical (unpaired) electrons. The minimum atomic E-state index is -0.729. The topological polar surface area (TPSA) is 107 Å². The SMILES string of the molecule is COc1cccc2cc(C(=O)C3=C(O)C(=O)N(CCC[NH+]4CCOCC4)[C@H]3c3ccncc3)oc12. The summed E-state index contributed by atoms with van der Waals surface area (Å²) in [6, 6.07) is 9.75. The van der Waals surface area contributed by atoms with Gasteiger partial charge in [0, 0.05) is 30.7 Å². The fourth-order valence-corrected chi connectivity index (χ4v) is 4.86. The number of benzene rings is 1. The summed E-state index contributed by atoms with van der Waals surface area (Å²) >= 11 is 0. The Bertz CT molecular complexity index is 1260. The maximum Gasteiger partial charge on any atom is 0.290 e. The second kappa shape index (κ2) is 9.89. The van der Waals surface area contributed by atoms with Crippen molar-refractivity contribution in [2.24, 2.45) is 0 Å². The van der Waals surface area contributed by atoms with Gasteiger partial charge in [-0.3, -0.25) is 14.6 Å². The fraction of sp³-hybridized carbons (Fsp3) is 0.346. The molecular weight excluding hydrogens is 450 g/mol. The van der Waals surface area contributed by atoms with E-state index in [0.29, 0.717) is 28.8 Å². The second-order valence-electron chi connectivity index (χ2n) is 8.73. The highest BCUT2D eigenvalue weighted by molar-refractivity contribution is 6.16. The Hall–Kier alpha value is -3.69. The summed E-state index contributed by atoms with van der Waals surface area (Å²) < 4.78 is 16.6. The Kier molecular flexibility index (Phi) is 6.52. The number of Topliss-reactive ketones (excluding diaryl/α,β-unsaturated/α-hetero) is 1. The third-order valence-electron chi connectivity index (χ3n) is 6.65. The van der Waals surface area contributed by atoms with Crippen LogP contribution in [0, 0.1) is 0 Å². The molecule has 0 saturated carbocycles. The number of furan rings is 1. The van der Waals surface area contributed by atoms with Crippen LogP contribution in [0.3, 0.4) is 0 Å². The normalized spacial score (nSPS) is 19.1. The van der Waals surface area contributed by atoms with Crippen molar-refractivity contribution in [2.45, 2.75) is 12.5 Å². The lowest BCUT2D eigenvalue weighted by Crippen LogP contribution is -3.14. The number of hydrogen-bond donors (Lipinski definition) is 2. The van der Waals surface area contributed by atoms with E-state index in [2.05, 4.69) is 4.98 Å². The maximum absolute atomic E-state index is 13.7. The van der Waals surface area contributed by atoms with E-state index in [4.69, 9.17) is 13.9 Å². The summed E-state index contributed by atoms with van der Waals surface area (Å²) in [4.78, 5) is 33.9. The number of aliphatic hydroxyl groups is 1. The molecule has 2 aliphatic rings. The predicted molar refractivity (Wildman–Crippen MR) is 126 cm³/mol. The molecule has 4 heterocycles. The summed E-state index contributed by atoms with van der Waals surface area (Å²) in [7, 11) is 1.53. The van der Waals surface area contributed by atoms with Crippen LogP contribution in [0.5, 0.6) is 5.75 Å². The van der Waals surface area contributed by atoms with E-state index in [1.54, 1.807) is 47.6 Å². The molecule has 0 aliphatic carbocycles. The van der Waals surface area contributed by atoms with E-state index >= 15 is 0 Å². The number of morpholine rings is 1. The summed E-state index contributed by atoms with van der Waals surface area (Å²) in [5.41, 5.74) is 1.15. The van der Waals surface area contributed by atoms with Gasteiger partial charge in [-0.05, 0) is 29.8 Å². The number of carbonyl (C=O) groups is 2. The van der Waals surface area contributed by atoms with Gasteiger partial charge in [0.05, 0.1) is 38.5 Å². The molecule has 2 N–H and O–H groups in total. The number of hydrogen-bond acceptors (Lipinski definition) is 7. The number of fused-ring (bicyclic) bond motifs is 1. The first kappa shape index (κ1) is 23.1. The number of aliphatic hydroxyl groups excluding tert-OH is 1. The van der Waals surface area contributed by atoms with Crippen LogP contribution in [0.25, 0.3) is 11.0 Å². The molecular formula is C26H28N3O6+. The van der Waals surface area contributed by atoms with Crippen LogP contribution in [-0.2, 0) is 9.53 Å². The van der Waals surface area contributed by atoms with Gasteiger partial charge in [-0.15, -0.1) is 0 Å². The van der Waals surface area contributed by atoms with Crippen molar-refractivity contribution in [3.63, 3.8) is 0 Å². The lowest BCUT2D eigenvalue weighted by atomic mass is 9.95. The molecule has 1 fully saturated rings. The Labute approximate surface area is 202 Å². The number of rotatable bonds is 8. The zero-order valence-electron chi connectivity index (χ0n) is 19.5. The molecule has 0 unspecified atom stereocenters. The smallest absolute Gasteiger partial charge is 0.290 e. The lowest BCUT2D eigenvalue weighted by molar-refractivity contribution is -0.908. The summed E-state index contributed by atoms with van der Waals surface area (Å²) in [5.74, 6) is -1.08. The van der Waals surface area contributed by atoms with Gasteiger partial charge in [-0.25, -0.2) is 0 Å². The van der Waals surface area contributed by atoms with Gasteiger partial charge in [-0.1, -0.05) is 12.1 Å². The molecule has 9 heteroatoms. The molecule has 0 bridgehead atoms. The zero-order chi connectivity index (χ0) is 24.4. The van der Waals surface area contributed by atoms with Crippen molar-refractivity contribution in [1.29, 1.82) is 0 Å². The molecule has 35 heavy (non-hydrogen) atoms. The molecule has 1 amide bonds. The molecule has 0 spiro atoms. The van der Waals surface area contributed by atoms with E-state index in [9.17, 15) is 14.7 Å². The number of carbonyl (C=O) groups excluding carboxylic acids is 2. The number of nitrogens with one attached hydrogen (secondary N) is 1. The van der Waals surface area contributed by atoms with E-state index in [0.717, 1.165) is 39.3 Å². The van der Waals surface area contributed by atoms with Crippen LogP contribution >= 0.6 is 0 Å². The van der Waals surface area contributed by atoms with Gasteiger partial charge in [0.25, 0.3) is 5.91 Å². The largest absolute Gasteiger partial charge is 0.503 e. The lowest BCUT2D eigenvalue weighted by Gasteiger charge is -2.28. The van der Waals surface area contributed by atoms with Gasteiger partial charge in [-0.2, -0.15) is 0 Å². The van der Waals surface area contributed by atoms with Gasteiger partial charge in [0.2, 0.25) is 5.78 Å². The van der Waals surface area contributed by atoms with Crippen LogP contribution in [0.15, 0.2) is 64.5 Å². The van der Waals surface area contributed by atoms with E-state index in [-0.39, 0.29) is 11.3 Å². The van der Waals surface area contributed by atoms with Gasteiger partial charge < -0.3 is 28.8 Å². The van der Waals surface area contributed by atoms with Gasteiger partial charge in [0.15, 0.2) is 22.9 Å². The van der Waals surface area contributed by atoms with Crippen LogP contribution in [-0.4, -0.2) is 73.2 Å². The molecule has 182 valence electrons. The van der Waals surface area contributed by atoms with E-state index in [1.165, 1.54) is 12.0 Å². The summed E-state index contributed by atoms with van der Waals surface area (Å²) in [5, 5.41) is 11.6. The third kappa shape index (κ3) is 4.40. The maximum atomic E-state index is 13.7. The molecule has 5 rings (SSSR count). The van der Waals surface area contributed by atoms with Crippen LogP contribution in [0.1, 0.15) is 28.6 Å². The molecule has 3 aromatic rings. The van der Waals surface area contributed by atoms with E-state index in [1.807, 2.05) is 6.07 Å². The van der Waals surface area contributed by atoms with E-state index < -0.39 is 23.5 Å². The van der Waals surface area contributed by atoms with Crippen molar-refractivity contribution in [3.8, 4) is 5.75 Å².